The van der Waals surface area contributed by atoms with Crippen molar-refractivity contribution in [1.29, 1.82) is 0 Å². The summed E-state index contributed by atoms with van der Waals surface area (Å²) in [5, 5.41) is 7.59. The molecule has 0 aliphatic carbocycles. The second-order valence-corrected chi connectivity index (χ2v) is 7.73. The highest BCUT2D eigenvalue weighted by atomic mass is 16.2. The first-order chi connectivity index (χ1) is 14.0. The van der Waals surface area contributed by atoms with E-state index in [1.54, 1.807) is 22.8 Å². The maximum atomic E-state index is 12.7. The third-order valence-corrected chi connectivity index (χ3v) is 5.68. The Labute approximate surface area is 171 Å². The third-order valence-electron chi connectivity index (χ3n) is 5.68. The summed E-state index contributed by atoms with van der Waals surface area (Å²) in [7, 11) is 5.77. The van der Waals surface area contributed by atoms with Gasteiger partial charge in [0.05, 0.1) is 11.9 Å². The van der Waals surface area contributed by atoms with Crippen molar-refractivity contribution in [1.82, 2.24) is 20.0 Å². The average molecular weight is 396 g/mol. The predicted octanol–water partition coefficient (Wildman–Crippen LogP) is 1.23. The molecular weight excluding hydrogens is 366 g/mol. The van der Waals surface area contributed by atoms with Gasteiger partial charge in [0.15, 0.2) is 5.96 Å². The summed E-state index contributed by atoms with van der Waals surface area (Å²) in [4.78, 5) is 23.2. The number of hydrogen-bond acceptors (Lipinski definition) is 4. The van der Waals surface area contributed by atoms with Crippen molar-refractivity contribution in [3.63, 3.8) is 0 Å². The molecule has 1 saturated heterocycles. The van der Waals surface area contributed by atoms with Crippen molar-refractivity contribution < 1.29 is 4.79 Å². The zero-order valence-corrected chi connectivity index (χ0v) is 17.4. The van der Waals surface area contributed by atoms with E-state index in [-0.39, 0.29) is 5.91 Å². The number of amides is 1. The van der Waals surface area contributed by atoms with Gasteiger partial charge < -0.3 is 20.0 Å². The van der Waals surface area contributed by atoms with Gasteiger partial charge in [-0.1, -0.05) is 12.1 Å². The molecule has 2 aromatic rings. The second-order valence-electron chi connectivity index (χ2n) is 7.73. The van der Waals surface area contributed by atoms with Crippen LogP contribution < -0.4 is 15.1 Å². The molecule has 8 heteroatoms. The van der Waals surface area contributed by atoms with Gasteiger partial charge in [-0.05, 0) is 30.0 Å². The number of aromatic nitrogens is 2. The Hall–Kier alpha value is -3.03. The number of fused-ring (bicyclic) bond motifs is 1. The first kappa shape index (κ1) is 19.3. The monoisotopic (exact) mass is 395 g/mol. The van der Waals surface area contributed by atoms with Gasteiger partial charge in [-0.15, -0.1) is 0 Å². The van der Waals surface area contributed by atoms with Crippen molar-refractivity contribution in [2.75, 3.05) is 50.1 Å². The van der Waals surface area contributed by atoms with Crippen LogP contribution in [0.2, 0.25) is 0 Å². The molecule has 1 aromatic carbocycles. The number of carbonyl (C=O) groups is 1. The summed E-state index contributed by atoms with van der Waals surface area (Å²) >= 11 is 0. The quantitative estimate of drug-likeness (QED) is 0.625. The standard InChI is InChI=1S/C21H29N7O/c1-22-21(23-12-16-6-7-19-17(11-16)5-4-8-25(19)2)27-9-10-28(20(29)15-27)18-13-24-26(3)14-18/h6-7,11,13-14H,4-5,8-10,12,15H2,1-3H3,(H,22,23). The van der Waals surface area contributed by atoms with Crippen LogP contribution in [0, 0.1) is 0 Å². The maximum absolute atomic E-state index is 12.7. The molecule has 1 fully saturated rings. The van der Waals surface area contributed by atoms with Crippen LogP contribution >= 0.6 is 0 Å². The minimum absolute atomic E-state index is 0.0593. The molecule has 8 nitrogen and oxygen atoms in total. The van der Waals surface area contributed by atoms with Gasteiger partial charge in [0, 0.05) is 59.2 Å². The number of piperazine rings is 1. The molecule has 1 aromatic heterocycles. The highest BCUT2D eigenvalue weighted by Crippen LogP contribution is 2.26. The predicted molar refractivity (Wildman–Crippen MR) is 115 cm³/mol. The van der Waals surface area contributed by atoms with Crippen LogP contribution in [0.1, 0.15) is 17.5 Å². The zero-order chi connectivity index (χ0) is 20.4. The number of benzene rings is 1. The topological polar surface area (TPSA) is 69.0 Å². The molecule has 0 spiro atoms. The molecule has 0 bridgehead atoms. The Bertz CT molecular complexity index is 920. The number of nitrogens with one attached hydrogen (secondary N) is 1. The van der Waals surface area contributed by atoms with Crippen LogP contribution in [-0.2, 0) is 24.8 Å². The first-order valence-corrected chi connectivity index (χ1v) is 10.1. The van der Waals surface area contributed by atoms with Crippen LogP contribution in [-0.4, -0.2) is 66.8 Å². The summed E-state index contributed by atoms with van der Waals surface area (Å²) < 4.78 is 1.71. The number of anilines is 2. The van der Waals surface area contributed by atoms with Gasteiger partial charge in [-0.25, -0.2) is 0 Å². The number of hydrogen-bond donors (Lipinski definition) is 1. The van der Waals surface area contributed by atoms with E-state index < -0.39 is 0 Å². The van der Waals surface area contributed by atoms with Gasteiger partial charge in [0.1, 0.15) is 6.54 Å². The van der Waals surface area contributed by atoms with Crippen molar-refractivity contribution in [2.45, 2.75) is 19.4 Å². The molecule has 2 aliphatic heterocycles. The van der Waals surface area contributed by atoms with Crippen molar-refractivity contribution >= 4 is 23.2 Å². The number of nitrogens with zero attached hydrogens (tertiary/aromatic N) is 6. The number of aryl methyl sites for hydroxylation is 2. The summed E-state index contributed by atoms with van der Waals surface area (Å²) in [5.74, 6) is 0.822. The summed E-state index contributed by atoms with van der Waals surface area (Å²) in [6, 6.07) is 6.67. The van der Waals surface area contributed by atoms with E-state index in [0.717, 1.165) is 31.2 Å². The molecule has 29 heavy (non-hydrogen) atoms. The molecule has 1 N–H and O–H groups in total. The van der Waals surface area contributed by atoms with Gasteiger partial charge >= 0.3 is 0 Å². The molecule has 0 atom stereocenters. The Morgan fingerprint density at radius 1 is 1.24 bits per heavy atom. The van der Waals surface area contributed by atoms with Crippen LogP contribution in [0.5, 0.6) is 0 Å². The fourth-order valence-corrected chi connectivity index (χ4v) is 4.14. The minimum Gasteiger partial charge on any atom is -0.374 e. The number of rotatable bonds is 3. The SMILES string of the molecule is CN=C(NCc1ccc2c(c1)CCCN2C)N1CCN(c2cnn(C)c2)C(=O)C1. The highest BCUT2D eigenvalue weighted by Gasteiger charge is 2.27. The van der Waals surface area contributed by atoms with Gasteiger partial charge in [0.2, 0.25) is 5.91 Å². The lowest BCUT2D eigenvalue weighted by atomic mass is 9.99. The molecule has 3 heterocycles. The molecule has 154 valence electrons. The van der Waals surface area contributed by atoms with E-state index in [9.17, 15) is 4.79 Å². The lowest BCUT2D eigenvalue weighted by Crippen LogP contribution is -2.55. The van der Waals surface area contributed by atoms with E-state index in [2.05, 4.69) is 45.6 Å². The normalized spacial score (nSPS) is 17.6. The van der Waals surface area contributed by atoms with E-state index in [1.807, 2.05) is 18.1 Å². The summed E-state index contributed by atoms with van der Waals surface area (Å²) in [6.07, 6.45) is 5.93. The molecule has 2 aliphatic rings. The largest absolute Gasteiger partial charge is 0.374 e. The van der Waals surface area contributed by atoms with Crippen molar-refractivity contribution in [3.8, 4) is 0 Å². The Kier molecular flexibility index (Phi) is 5.42. The van der Waals surface area contributed by atoms with Crippen LogP contribution in [0.25, 0.3) is 0 Å². The minimum atomic E-state index is 0.0593. The molecule has 0 unspecified atom stereocenters. The van der Waals surface area contributed by atoms with Crippen LogP contribution in [0.15, 0.2) is 35.6 Å². The van der Waals surface area contributed by atoms with Crippen LogP contribution in [0.4, 0.5) is 11.4 Å². The number of guanidine groups is 1. The van der Waals surface area contributed by atoms with Gasteiger partial charge in [0.25, 0.3) is 0 Å². The second kappa shape index (κ2) is 8.14. The van der Waals surface area contributed by atoms with Gasteiger partial charge in [-0.3, -0.25) is 14.5 Å². The smallest absolute Gasteiger partial charge is 0.246 e. The molecule has 4 rings (SSSR count). The molecule has 0 saturated carbocycles. The first-order valence-electron chi connectivity index (χ1n) is 10.1. The number of carbonyl (C=O) groups excluding carboxylic acids is 1. The third kappa shape index (κ3) is 4.06. The zero-order valence-electron chi connectivity index (χ0n) is 17.4. The Morgan fingerprint density at radius 3 is 2.83 bits per heavy atom. The molecule has 1 amide bonds. The Balaban J connectivity index is 1.37. The van der Waals surface area contributed by atoms with Gasteiger partial charge in [-0.2, -0.15) is 5.10 Å². The highest BCUT2D eigenvalue weighted by molar-refractivity contribution is 5.98. The summed E-state index contributed by atoms with van der Waals surface area (Å²) in [5.41, 5.74) is 4.83. The lowest BCUT2D eigenvalue weighted by molar-refractivity contribution is -0.120. The summed E-state index contributed by atoms with van der Waals surface area (Å²) in [6.45, 7) is 3.48. The fourth-order valence-electron chi connectivity index (χ4n) is 4.14. The van der Waals surface area contributed by atoms with Crippen LogP contribution in [0.3, 0.4) is 0 Å². The molecular formula is C21H29N7O. The van der Waals surface area contributed by atoms with E-state index in [0.29, 0.717) is 19.6 Å². The fraction of sp³-hybridized carbons (Fsp3) is 0.476. The average Bonchev–Trinajstić information content (AvgIpc) is 3.14. The maximum Gasteiger partial charge on any atom is 0.246 e. The van der Waals surface area contributed by atoms with E-state index in [1.165, 1.54) is 23.2 Å². The number of aliphatic imine (C=N–C) groups is 1. The lowest BCUT2D eigenvalue weighted by Gasteiger charge is -2.35. The van der Waals surface area contributed by atoms with Crippen molar-refractivity contribution in [2.24, 2.45) is 12.0 Å². The van der Waals surface area contributed by atoms with E-state index in [4.69, 9.17) is 0 Å². The van der Waals surface area contributed by atoms with E-state index >= 15 is 0 Å². The molecule has 0 radical (unpaired) electrons. The Morgan fingerprint density at radius 2 is 2.10 bits per heavy atom. The van der Waals surface area contributed by atoms with Crippen molar-refractivity contribution in [3.05, 3.63) is 41.7 Å².